The molecule has 2 aromatic rings. The molecule has 0 amide bonds. The predicted octanol–water partition coefficient (Wildman–Crippen LogP) is 3.03. The summed E-state index contributed by atoms with van der Waals surface area (Å²) in [6.07, 6.45) is 0. The van der Waals surface area contributed by atoms with Crippen LogP contribution in [0.3, 0.4) is 0 Å². The molecule has 4 nitrogen and oxygen atoms in total. The Balaban J connectivity index is 2.34. The van der Waals surface area contributed by atoms with Gasteiger partial charge in [-0.2, -0.15) is 0 Å². The molecule has 2 heterocycles. The fraction of sp³-hybridized carbons (Fsp3) is 0.455. The highest BCUT2D eigenvalue weighted by atomic mass is 79.9. The molecular weight excluding hydrogens is 300 g/mol. The van der Waals surface area contributed by atoms with E-state index < -0.39 is 0 Å². The normalized spacial score (nSPS) is 12.0. The number of hydrogen-bond donors (Lipinski definition) is 1. The Labute approximate surface area is 113 Å². The van der Waals surface area contributed by atoms with Crippen LogP contribution >= 0.6 is 27.3 Å². The zero-order valence-corrected chi connectivity index (χ0v) is 12.5. The molecule has 0 bridgehead atoms. The quantitative estimate of drug-likeness (QED) is 0.927. The van der Waals surface area contributed by atoms with Crippen LogP contribution in [0.4, 0.5) is 5.82 Å². The number of nitrogen functional groups attached to an aromatic ring is 1. The van der Waals surface area contributed by atoms with Crippen molar-refractivity contribution in [1.29, 1.82) is 0 Å². The molecule has 0 fully saturated rings. The molecule has 0 unspecified atom stereocenters. The summed E-state index contributed by atoms with van der Waals surface area (Å²) in [6.45, 7) is 7.06. The Bertz CT molecular complexity index is 524. The topological polar surface area (TPSA) is 56.7 Å². The summed E-state index contributed by atoms with van der Waals surface area (Å²) in [6, 6.07) is 2.09. The van der Waals surface area contributed by atoms with E-state index in [9.17, 15) is 0 Å². The average molecular weight is 315 g/mol. The zero-order chi connectivity index (χ0) is 12.6. The van der Waals surface area contributed by atoms with Crippen LogP contribution in [0.2, 0.25) is 0 Å². The Morgan fingerprint density at radius 3 is 2.71 bits per heavy atom. The van der Waals surface area contributed by atoms with Crippen LogP contribution in [0, 0.1) is 0 Å². The maximum absolute atomic E-state index is 5.89. The molecule has 0 atom stereocenters. The van der Waals surface area contributed by atoms with Gasteiger partial charge in [0, 0.05) is 20.1 Å². The Hall–Kier alpha value is -0.880. The first-order valence-electron chi connectivity index (χ1n) is 5.30. The second kappa shape index (κ2) is 4.42. The SMILES string of the molecule is CC(C)(C)c1c(N)nnn1Cc1cc(Br)cs1. The van der Waals surface area contributed by atoms with Gasteiger partial charge in [-0.25, -0.2) is 4.68 Å². The van der Waals surface area contributed by atoms with Gasteiger partial charge >= 0.3 is 0 Å². The van der Waals surface area contributed by atoms with Crippen LogP contribution in [-0.2, 0) is 12.0 Å². The zero-order valence-electron chi connectivity index (χ0n) is 10.1. The van der Waals surface area contributed by atoms with Crippen LogP contribution in [0.15, 0.2) is 15.9 Å². The minimum absolute atomic E-state index is 0.0535. The third kappa shape index (κ3) is 2.69. The first kappa shape index (κ1) is 12.6. The summed E-state index contributed by atoms with van der Waals surface area (Å²) in [5.74, 6) is 0.521. The molecule has 2 rings (SSSR count). The second-order valence-electron chi connectivity index (χ2n) is 4.96. The molecule has 6 heteroatoms. The first-order chi connectivity index (χ1) is 7.88. The third-order valence-corrected chi connectivity index (χ3v) is 4.08. The van der Waals surface area contributed by atoms with Crippen molar-refractivity contribution < 1.29 is 0 Å². The highest BCUT2D eigenvalue weighted by Crippen LogP contribution is 2.28. The van der Waals surface area contributed by atoms with Crippen LogP contribution in [0.25, 0.3) is 0 Å². The molecular formula is C11H15BrN4S. The summed E-state index contributed by atoms with van der Waals surface area (Å²) in [5.41, 5.74) is 6.82. The fourth-order valence-corrected chi connectivity index (χ4v) is 3.22. The van der Waals surface area contributed by atoms with Crippen molar-refractivity contribution in [2.45, 2.75) is 32.7 Å². The van der Waals surface area contributed by atoms with Crippen molar-refractivity contribution in [3.63, 3.8) is 0 Å². The van der Waals surface area contributed by atoms with Crippen molar-refractivity contribution in [2.24, 2.45) is 0 Å². The van der Waals surface area contributed by atoms with Crippen LogP contribution in [0.5, 0.6) is 0 Å². The van der Waals surface area contributed by atoms with Crippen LogP contribution in [-0.4, -0.2) is 15.0 Å². The number of thiophene rings is 1. The minimum atomic E-state index is -0.0535. The van der Waals surface area contributed by atoms with Gasteiger partial charge in [0.1, 0.15) is 0 Å². The number of anilines is 1. The molecule has 0 aliphatic carbocycles. The van der Waals surface area contributed by atoms with E-state index in [1.54, 1.807) is 11.3 Å². The molecule has 0 aromatic carbocycles. The van der Waals surface area contributed by atoms with Gasteiger partial charge in [0.2, 0.25) is 0 Å². The van der Waals surface area contributed by atoms with Crippen LogP contribution in [0.1, 0.15) is 31.3 Å². The summed E-state index contributed by atoms with van der Waals surface area (Å²) < 4.78 is 2.98. The number of halogens is 1. The second-order valence-corrected chi connectivity index (χ2v) is 6.87. The third-order valence-electron chi connectivity index (χ3n) is 2.40. The van der Waals surface area contributed by atoms with Crippen molar-refractivity contribution in [3.05, 3.63) is 26.5 Å². The van der Waals surface area contributed by atoms with E-state index in [2.05, 4.69) is 58.5 Å². The number of nitrogens with two attached hydrogens (primary N) is 1. The van der Waals surface area contributed by atoms with E-state index in [1.807, 2.05) is 4.68 Å². The van der Waals surface area contributed by atoms with Crippen LogP contribution < -0.4 is 5.73 Å². The van der Waals surface area contributed by atoms with Gasteiger partial charge in [-0.1, -0.05) is 26.0 Å². The van der Waals surface area contributed by atoms with E-state index in [0.717, 1.165) is 10.2 Å². The summed E-state index contributed by atoms with van der Waals surface area (Å²) >= 11 is 5.15. The van der Waals surface area contributed by atoms with Gasteiger partial charge in [-0.05, 0) is 22.0 Å². The summed E-state index contributed by atoms with van der Waals surface area (Å²) in [4.78, 5) is 1.23. The monoisotopic (exact) mass is 314 g/mol. The van der Waals surface area contributed by atoms with Crippen molar-refractivity contribution in [1.82, 2.24) is 15.0 Å². The average Bonchev–Trinajstić information content (AvgIpc) is 2.73. The molecule has 0 saturated carbocycles. The summed E-state index contributed by atoms with van der Waals surface area (Å²) in [5, 5.41) is 10.2. The lowest BCUT2D eigenvalue weighted by molar-refractivity contribution is 0.504. The van der Waals surface area contributed by atoms with Crippen molar-refractivity contribution in [3.8, 4) is 0 Å². The molecule has 0 saturated heterocycles. The van der Waals surface area contributed by atoms with Crippen molar-refractivity contribution in [2.75, 3.05) is 5.73 Å². The number of nitrogens with zero attached hydrogens (tertiary/aromatic N) is 3. The standard InChI is InChI=1S/C11H15BrN4S/c1-11(2,3)9-10(13)14-15-16(9)5-8-4-7(12)6-17-8/h4,6H,5,13H2,1-3H3. The first-order valence-corrected chi connectivity index (χ1v) is 6.97. The minimum Gasteiger partial charge on any atom is -0.381 e. The lowest BCUT2D eigenvalue weighted by Crippen LogP contribution is -2.20. The molecule has 92 valence electrons. The van der Waals surface area contributed by atoms with E-state index in [1.165, 1.54) is 4.88 Å². The number of hydrogen-bond acceptors (Lipinski definition) is 4. The smallest absolute Gasteiger partial charge is 0.169 e. The van der Waals surface area contributed by atoms with Gasteiger partial charge < -0.3 is 5.73 Å². The number of rotatable bonds is 2. The van der Waals surface area contributed by atoms with E-state index >= 15 is 0 Å². The molecule has 2 N–H and O–H groups in total. The molecule has 0 aliphatic rings. The Kier molecular flexibility index (Phi) is 3.27. The largest absolute Gasteiger partial charge is 0.381 e. The number of aromatic nitrogens is 3. The predicted molar refractivity (Wildman–Crippen MR) is 74.3 cm³/mol. The Morgan fingerprint density at radius 2 is 2.18 bits per heavy atom. The van der Waals surface area contributed by atoms with Gasteiger partial charge in [0.05, 0.1) is 12.2 Å². The van der Waals surface area contributed by atoms with E-state index in [4.69, 9.17) is 5.73 Å². The fourth-order valence-electron chi connectivity index (χ4n) is 1.79. The van der Waals surface area contributed by atoms with E-state index in [0.29, 0.717) is 12.4 Å². The van der Waals surface area contributed by atoms with Gasteiger partial charge in [-0.3, -0.25) is 0 Å². The highest BCUT2D eigenvalue weighted by Gasteiger charge is 2.24. The van der Waals surface area contributed by atoms with Gasteiger partial charge in [0.25, 0.3) is 0 Å². The maximum atomic E-state index is 5.89. The van der Waals surface area contributed by atoms with Gasteiger partial charge in [-0.15, -0.1) is 16.4 Å². The lowest BCUT2D eigenvalue weighted by atomic mass is 9.92. The lowest BCUT2D eigenvalue weighted by Gasteiger charge is -2.19. The molecule has 17 heavy (non-hydrogen) atoms. The molecule has 0 radical (unpaired) electrons. The van der Waals surface area contributed by atoms with Crippen molar-refractivity contribution >= 4 is 33.1 Å². The van der Waals surface area contributed by atoms with E-state index in [-0.39, 0.29) is 5.41 Å². The Morgan fingerprint density at radius 1 is 1.47 bits per heavy atom. The molecule has 0 aliphatic heterocycles. The summed E-state index contributed by atoms with van der Waals surface area (Å²) in [7, 11) is 0. The highest BCUT2D eigenvalue weighted by molar-refractivity contribution is 9.10. The molecule has 2 aromatic heterocycles. The maximum Gasteiger partial charge on any atom is 0.169 e. The van der Waals surface area contributed by atoms with Gasteiger partial charge in [0.15, 0.2) is 5.82 Å². The molecule has 0 spiro atoms.